The summed E-state index contributed by atoms with van der Waals surface area (Å²) in [5.41, 5.74) is 3.48. The number of likely N-dealkylation sites (tertiary alicyclic amines) is 2. The van der Waals surface area contributed by atoms with Gasteiger partial charge in [-0.15, -0.1) is 0 Å². The fourth-order valence-electron chi connectivity index (χ4n) is 12.9. The SMILES string of the molecule is CCc1c(F)ccc2cc(O)cc(-c3ncc4c(N5CCC[C@H](C)C5)nc(OCC5(CN6CCC(CN7CCC(c8ccc9c%10c(cccc8%10)C(=O)N9C8CCC(=O)NC8=O)CC7)CC6)CC5)nc4c3F)c12. The number of nitrogens with one attached hydrogen (secondary N) is 1. The van der Waals surface area contributed by atoms with Crippen LogP contribution < -0.4 is 19.9 Å². The molecule has 2 aromatic heterocycles. The molecule has 1 unspecified atom stereocenters. The molecule has 374 valence electrons. The Hall–Kier alpha value is -6.32. The molecule has 13 nitrogen and oxygen atoms in total. The van der Waals surface area contributed by atoms with Crippen molar-refractivity contribution in [1.29, 1.82) is 0 Å². The number of phenolic OH excluding ortho intramolecular Hbond substituents is 1. The Morgan fingerprint density at radius 2 is 1.67 bits per heavy atom. The second kappa shape index (κ2) is 18.6. The number of rotatable bonds is 12. The van der Waals surface area contributed by atoms with Crippen LogP contribution in [0.15, 0.2) is 60.8 Å². The number of halogens is 2. The number of pyridine rings is 1. The van der Waals surface area contributed by atoms with Crippen LogP contribution in [-0.4, -0.2) is 113 Å². The van der Waals surface area contributed by atoms with Gasteiger partial charge in [-0.2, -0.15) is 9.97 Å². The van der Waals surface area contributed by atoms with Gasteiger partial charge in [-0.25, -0.2) is 8.78 Å². The molecular formula is C57H62F2N8O5. The van der Waals surface area contributed by atoms with Crippen LogP contribution in [0.3, 0.4) is 0 Å². The number of carbonyl (C=O) groups is 3. The highest BCUT2D eigenvalue weighted by atomic mass is 19.1. The van der Waals surface area contributed by atoms with Gasteiger partial charge in [0.25, 0.3) is 5.91 Å². The lowest BCUT2D eigenvalue weighted by molar-refractivity contribution is -0.134. The highest BCUT2D eigenvalue weighted by Crippen LogP contribution is 2.48. The quantitative estimate of drug-likeness (QED) is 0.113. The van der Waals surface area contributed by atoms with Crippen molar-refractivity contribution >= 4 is 61.7 Å². The van der Waals surface area contributed by atoms with Gasteiger partial charge in [0.2, 0.25) is 11.8 Å². The molecule has 0 bridgehead atoms. The third kappa shape index (κ3) is 8.49. The molecule has 1 saturated carbocycles. The maximum atomic E-state index is 17.1. The van der Waals surface area contributed by atoms with Crippen molar-refractivity contribution in [3.63, 3.8) is 0 Å². The number of benzene rings is 4. The summed E-state index contributed by atoms with van der Waals surface area (Å²) in [4.78, 5) is 61.8. The van der Waals surface area contributed by atoms with Crippen molar-refractivity contribution < 1.29 is 33.0 Å². The standard InChI is InChI=1S/C57H62F2N8O5/c1-3-38-44(58)11-9-36-26-37(68)27-42(48(36)38)51-50(59)52-43(28-60-51)53(66-21-5-6-33(2)29-66)63-56(62-52)72-32-57(19-20-57)31-65-22-15-34(16-23-65)30-64-24-17-35(18-25-64)39-10-12-45-49-40(39)7-4-8-41(49)55(71)67(45)46-13-14-47(69)61-54(46)70/h4,7-12,26-28,33-35,46,68H,3,5-6,13-25,29-32H2,1-2H3,(H,61,69,70)/t33-,46?/m0/s1. The summed E-state index contributed by atoms with van der Waals surface area (Å²) in [6, 6.07) is 15.6. The van der Waals surface area contributed by atoms with E-state index in [4.69, 9.17) is 14.7 Å². The first-order valence-corrected chi connectivity index (χ1v) is 26.3. The first-order chi connectivity index (χ1) is 34.9. The summed E-state index contributed by atoms with van der Waals surface area (Å²) in [7, 11) is 0. The summed E-state index contributed by atoms with van der Waals surface area (Å²) in [5, 5.41) is 16.8. The highest BCUT2D eigenvalue weighted by molar-refractivity contribution is 6.27. The normalized spacial score (nSPS) is 22.1. The number of aryl methyl sites for hydroxylation is 1. The third-order valence-corrected chi connectivity index (χ3v) is 16.9. The second-order valence-electron chi connectivity index (χ2n) is 21.8. The summed E-state index contributed by atoms with van der Waals surface area (Å²) in [6.45, 7) is 12.2. The van der Waals surface area contributed by atoms with Crippen LogP contribution >= 0.6 is 0 Å². The molecule has 0 radical (unpaired) electrons. The first-order valence-electron chi connectivity index (χ1n) is 26.3. The number of aromatic nitrogens is 3. The maximum Gasteiger partial charge on any atom is 0.319 e. The Morgan fingerprint density at radius 1 is 0.861 bits per heavy atom. The van der Waals surface area contributed by atoms with Crippen molar-refractivity contribution in [2.75, 3.05) is 68.8 Å². The Kier molecular flexibility index (Phi) is 12.1. The number of phenols is 1. The van der Waals surface area contributed by atoms with Gasteiger partial charge in [0, 0.05) is 60.7 Å². The summed E-state index contributed by atoms with van der Waals surface area (Å²) < 4.78 is 38.8. The number of imide groups is 1. The van der Waals surface area contributed by atoms with Crippen LogP contribution in [0, 0.1) is 28.9 Å². The largest absolute Gasteiger partial charge is 0.508 e. The maximum absolute atomic E-state index is 17.1. The van der Waals surface area contributed by atoms with Crippen LogP contribution in [0.4, 0.5) is 20.3 Å². The van der Waals surface area contributed by atoms with E-state index in [-0.39, 0.29) is 52.4 Å². The van der Waals surface area contributed by atoms with E-state index in [1.54, 1.807) is 23.2 Å². The zero-order valence-corrected chi connectivity index (χ0v) is 41.2. The van der Waals surface area contributed by atoms with Crippen molar-refractivity contribution in [2.24, 2.45) is 17.3 Å². The summed E-state index contributed by atoms with van der Waals surface area (Å²) in [5.74, 6) is 0.0755. The van der Waals surface area contributed by atoms with E-state index in [1.165, 1.54) is 17.7 Å². The van der Waals surface area contributed by atoms with E-state index in [9.17, 15) is 19.5 Å². The lowest BCUT2D eigenvalue weighted by Gasteiger charge is -2.39. The minimum Gasteiger partial charge on any atom is -0.508 e. The molecule has 6 aliphatic rings. The van der Waals surface area contributed by atoms with E-state index in [1.807, 2.05) is 25.1 Å². The summed E-state index contributed by atoms with van der Waals surface area (Å²) in [6.07, 6.45) is 11.1. The van der Waals surface area contributed by atoms with Crippen molar-refractivity contribution in [3.8, 4) is 23.0 Å². The molecule has 4 aromatic carbocycles. The topological polar surface area (TPSA) is 144 Å². The van der Waals surface area contributed by atoms with E-state index in [0.717, 1.165) is 120 Å². The van der Waals surface area contributed by atoms with Gasteiger partial charge < -0.3 is 24.5 Å². The van der Waals surface area contributed by atoms with E-state index >= 15 is 8.78 Å². The molecular weight excluding hydrogens is 915 g/mol. The highest BCUT2D eigenvalue weighted by Gasteiger charge is 2.46. The van der Waals surface area contributed by atoms with Crippen molar-refractivity contribution in [3.05, 3.63) is 89.1 Å². The molecule has 2 atom stereocenters. The monoisotopic (exact) mass is 976 g/mol. The zero-order chi connectivity index (χ0) is 49.4. The Labute approximate surface area is 417 Å². The minimum absolute atomic E-state index is 0.00596. The molecule has 72 heavy (non-hydrogen) atoms. The number of piperidine rings is 4. The number of anilines is 2. The lowest BCUT2D eigenvalue weighted by Crippen LogP contribution is -2.53. The number of hydrogen-bond acceptors (Lipinski definition) is 11. The zero-order valence-electron chi connectivity index (χ0n) is 41.2. The number of ether oxygens (including phenoxy) is 1. The van der Waals surface area contributed by atoms with Gasteiger partial charge in [-0.1, -0.05) is 38.1 Å². The predicted molar refractivity (Wildman–Crippen MR) is 274 cm³/mol. The first kappa shape index (κ1) is 46.7. The molecule has 3 amide bonds. The van der Waals surface area contributed by atoms with Gasteiger partial charge in [0.15, 0.2) is 5.82 Å². The number of aromatic hydroxyl groups is 1. The fraction of sp³-hybridized carbons (Fsp3) is 0.474. The third-order valence-electron chi connectivity index (χ3n) is 16.9. The van der Waals surface area contributed by atoms with E-state index < -0.39 is 17.8 Å². The Morgan fingerprint density at radius 3 is 2.43 bits per heavy atom. The molecule has 5 aliphatic heterocycles. The molecule has 6 aromatic rings. The Balaban J connectivity index is 0.692. The number of fused-ring (bicyclic) bond motifs is 2. The number of hydrogen-bond donors (Lipinski definition) is 2. The van der Waals surface area contributed by atoms with Crippen LogP contribution in [-0.2, 0) is 16.0 Å². The molecule has 5 fully saturated rings. The van der Waals surface area contributed by atoms with Gasteiger partial charge in [-0.05, 0) is 166 Å². The number of amides is 3. The van der Waals surface area contributed by atoms with E-state index in [0.29, 0.717) is 75.9 Å². The molecule has 4 saturated heterocycles. The van der Waals surface area contributed by atoms with Crippen LogP contribution in [0.1, 0.15) is 105 Å². The van der Waals surface area contributed by atoms with Gasteiger partial charge in [-0.3, -0.25) is 29.6 Å². The molecule has 15 heteroatoms. The van der Waals surface area contributed by atoms with Crippen molar-refractivity contribution in [2.45, 2.75) is 96.4 Å². The molecule has 0 spiro atoms. The van der Waals surface area contributed by atoms with Crippen LogP contribution in [0.2, 0.25) is 0 Å². The van der Waals surface area contributed by atoms with E-state index in [2.05, 4.69) is 44.1 Å². The summed E-state index contributed by atoms with van der Waals surface area (Å²) >= 11 is 0. The Bertz CT molecular complexity index is 3170. The lowest BCUT2D eigenvalue weighted by atomic mass is 9.85. The van der Waals surface area contributed by atoms with Gasteiger partial charge in [0.1, 0.15) is 34.6 Å². The molecule has 7 heterocycles. The number of carbonyl (C=O) groups excluding carboxylic acids is 3. The predicted octanol–water partition coefficient (Wildman–Crippen LogP) is 9.30. The minimum atomic E-state index is -0.692. The fourth-order valence-corrected chi connectivity index (χ4v) is 12.9. The number of nitrogens with zero attached hydrogens (tertiary/aromatic N) is 7. The molecule has 1 aliphatic carbocycles. The second-order valence-corrected chi connectivity index (χ2v) is 21.8. The van der Waals surface area contributed by atoms with Gasteiger partial charge in [0.05, 0.1) is 17.7 Å². The van der Waals surface area contributed by atoms with Crippen LogP contribution in [0.5, 0.6) is 11.8 Å². The average molecular weight is 977 g/mol. The smallest absolute Gasteiger partial charge is 0.319 e. The van der Waals surface area contributed by atoms with Crippen LogP contribution in [0.25, 0.3) is 43.7 Å². The van der Waals surface area contributed by atoms with Gasteiger partial charge >= 0.3 is 6.01 Å². The molecule has 12 rings (SSSR count). The average Bonchev–Trinajstić information content (AvgIpc) is 4.09. The van der Waals surface area contributed by atoms with Crippen molar-refractivity contribution in [1.82, 2.24) is 30.1 Å². The molecule has 2 N–H and O–H groups in total.